The smallest absolute Gasteiger partial charge is 0.122 e. The van der Waals surface area contributed by atoms with E-state index >= 15 is 0 Å². The molecule has 0 saturated heterocycles. The Kier molecular flexibility index (Phi) is 3.78. The van der Waals surface area contributed by atoms with Gasteiger partial charge in [0.15, 0.2) is 0 Å². The zero-order valence-corrected chi connectivity index (χ0v) is 9.58. The van der Waals surface area contributed by atoms with Crippen LogP contribution in [0.3, 0.4) is 0 Å². The van der Waals surface area contributed by atoms with Gasteiger partial charge in [-0.3, -0.25) is 0 Å². The molecule has 3 nitrogen and oxygen atoms in total. The van der Waals surface area contributed by atoms with Crippen LogP contribution in [0.1, 0.15) is 37.9 Å². The van der Waals surface area contributed by atoms with Crippen LogP contribution in [0.4, 0.5) is 0 Å². The summed E-state index contributed by atoms with van der Waals surface area (Å²) in [4.78, 5) is 4.37. The van der Waals surface area contributed by atoms with E-state index in [2.05, 4.69) is 21.1 Å². The summed E-state index contributed by atoms with van der Waals surface area (Å²) in [5.74, 6) is 2.05. The lowest BCUT2D eigenvalue weighted by Gasteiger charge is -2.22. The molecule has 0 amide bonds. The molecule has 1 aliphatic carbocycles. The molecule has 0 spiro atoms. The van der Waals surface area contributed by atoms with Gasteiger partial charge >= 0.3 is 0 Å². The zero-order chi connectivity index (χ0) is 10.5. The number of hydrogen-bond acceptors (Lipinski definition) is 2. The average molecular weight is 207 g/mol. The van der Waals surface area contributed by atoms with Gasteiger partial charge in [-0.25, -0.2) is 4.98 Å². The van der Waals surface area contributed by atoms with E-state index < -0.39 is 0 Å². The van der Waals surface area contributed by atoms with E-state index in [-0.39, 0.29) is 0 Å². The van der Waals surface area contributed by atoms with Crippen LogP contribution >= 0.6 is 0 Å². The molecule has 1 aliphatic rings. The summed E-state index contributed by atoms with van der Waals surface area (Å²) in [6.07, 6.45) is 11.1. The molecule has 1 heterocycles. The summed E-state index contributed by atoms with van der Waals surface area (Å²) in [6.45, 7) is 2.04. The van der Waals surface area contributed by atoms with Crippen molar-refractivity contribution < 1.29 is 0 Å². The second-order valence-electron chi connectivity index (χ2n) is 4.53. The third-order valence-corrected chi connectivity index (χ3v) is 3.32. The van der Waals surface area contributed by atoms with Crippen molar-refractivity contribution >= 4 is 0 Å². The van der Waals surface area contributed by atoms with E-state index in [0.29, 0.717) is 0 Å². The predicted molar refractivity (Wildman–Crippen MR) is 61.6 cm³/mol. The van der Waals surface area contributed by atoms with Crippen LogP contribution < -0.4 is 5.32 Å². The number of rotatable bonds is 4. The molecule has 0 bridgehead atoms. The highest BCUT2D eigenvalue weighted by Crippen LogP contribution is 2.25. The molecule has 0 aliphatic heterocycles. The largest absolute Gasteiger partial charge is 0.334 e. The Bertz CT molecular complexity index is 287. The highest BCUT2D eigenvalue weighted by atomic mass is 15.1. The van der Waals surface area contributed by atoms with Gasteiger partial charge in [-0.05, 0) is 25.8 Å². The van der Waals surface area contributed by atoms with Crippen molar-refractivity contribution in [1.82, 2.24) is 14.9 Å². The van der Waals surface area contributed by atoms with Crippen LogP contribution in [-0.4, -0.2) is 16.6 Å². The lowest BCUT2D eigenvalue weighted by Crippen LogP contribution is -2.18. The van der Waals surface area contributed by atoms with Crippen molar-refractivity contribution in [2.45, 2.75) is 45.2 Å². The van der Waals surface area contributed by atoms with Crippen molar-refractivity contribution in [3.63, 3.8) is 0 Å². The van der Waals surface area contributed by atoms with Gasteiger partial charge < -0.3 is 9.88 Å². The van der Waals surface area contributed by atoms with E-state index in [1.165, 1.54) is 37.9 Å². The molecule has 1 saturated carbocycles. The molecule has 84 valence electrons. The lowest BCUT2D eigenvalue weighted by molar-refractivity contribution is 0.315. The second-order valence-corrected chi connectivity index (χ2v) is 4.53. The first kappa shape index (κ1) is 10.7. The summed E-state index contributed by atoms with van der Waals surface area (Å²) < 4.78 is 2.31. The van der Waals surface area contributed by atoms with Gasteiger partial charge in [-0.15, -0.1) is 0 Å². The third-order valence-electron chi connectivity index (χ3n) is 3.32. The fraction of sp³-hybridized carbons (Fsp3) is 0.750. The topological polar surface area (TPSA) is 29.9 Å². The van der Waals surface area contributed by atoms with E-state index in [0.717, 1.165) is 19.0 Å². The lowest BCUT2D eigenvalue weighted by atomic mass is 9.89. The molecule has 15 heavy (non-hydrogen) atoms. The van der Waals surface area contributed by atoms with Crippen molar-refractivity contribution in [1.29, 1.82) is 0 Å². The minimum Gasteiger partial charge on any atom is -0.334 e. The van der Waals surface area contributed by atoms with E-state index in [1.54, 1.807) is 0 Å². The van der Waals surface area contributed by atoms with Crippen molar-refractivity contribution in [3.05, 3.63) is 18.2 Å². The van der Waals surface area contributed by atoms with Crippen molar-refractivity contribution in [3.8, 4) is 0 Å². The quantitative estimate of drug-likeness (QED) is 0.820. The molecule has 1 fully saturated rings. The molecule has 0 aromatic carbocycles. The third kappa shape index (κ3) is 2.81. The van der Waals surface area contributed by atoms with Gasteiger partial charge in [-0.2, -0.15) is 0 Å². The standard InChI is InChI=1S/C12H21N3/c1-13-9-12-14-7-8-15(12)10-11-5-3-2-4-6-11/h7-8,11,13H,2-6,9-10H2,1H3. The Morgan fingerprint density at radius 2 is 2.20 bits per heavy atom. The maximum absolute atomic E-state index is 4.37. The van der Waals surface area contributed by atoms with Gasteiger partial charge in [0.1, 0.15) is 5.82 Å². The van der Waals surface area contributed by atoms with Gasteiger partial charge in [0.05, 0.1) is 6.54 Å². The molecule has 1 N–H and O–H groups in total. The molecule has 0 unspecified atom stereocenters. The van der Waals surface area contributed by atoms with Gasteiger partial charge in [0.2, 0.25) is 0 Å². The summed E-state index contributed by atoms with van der Waals surface area (Å²) in [7, 11) is 1.97. The van der Waals surface area contributed by atoms with Crippen LogP contribution in [-0.2, 0) is 13.1 Å². The van der Waals surface area contributed by atoms with Crippen LogP contribution in [0.25, 0.3) is 0 Å². The van der Waals surface area contributed by atoms with Crippen molar-refractivity contribution in [2.24, 2.45) is 5.92 Å². The van der Waals surface area contributed by atoms with E-state index in [9.17, 15) is 0 Å². The van der Waals surface area contributed by atoms with Crippen LogP contribution in [0, 0.1) is 5.92 Å². The van der Waals surface area contributed by atoms with Gasteiger partial charge in [-0.1, -0.05) is 19.3 Å². The molecular formula is C12H21N3. The summed E-state index contributed by atoms with van der Waals surface area (Å²) in [6, 6.07) is 0. The highest BCUT2D eigenvalue weighted by molar-refractivity contribution is 4.92. The predicted octanol–water partition coefficient (Wildman–Crippen LogP) is 2.18. The Hall–Kier alpha value is -0.830. The summed E-state index contributed by atoms with van der Waals surface area (Å²) in [5.41, 5.74) is 0. The van der Waals surface area contributed by atoms with Crippen molar-refractivity contribution in [2.75, 3.05) is 7.05 Å². The Morgan fingerprint density at radius 1 is 1.40 bits per heavy atom. The molecule has 3 heteroatoms. The monoisotopic (exact) mass is 207 g/mol. The number of aromatic nitrogens is 2. The minimum atomic E-state index is 0.875. The Morgan fingerprint density at radius 3 is 2.93 bits per heavy atom. The van der Waals surface area contributed by atoms with Crippen LogP contribution in [0.15, 0.2) is 12.4 Å². The zero-order valence-electron chi connectivity index (χ0n) is 9.58. The average Bonchev–Trinajstić information content (AvgIpc) is 2.68. The molecule has 2 rings (SSSR count). The molecule has 1 aromatic heterocycles. The highest BCUT2D eigenvalue weighted by Gasteiger charge is 2.14. The number of imidazole rings is 1. The second kappa shape index (κ2) is 5.31. The number of nitrogens with zero attached hydrogens (tertiary/aromatic N) is 2. The number of nitrogens with one attached hydrogen (secondary N) is 1. The minimum absolute atomic E-state index is 0.875. The number of hydrogen-bond donors (Lipinski definition) is 1. The van der Waals surface area contributed by atoms with E-state index in [1.807, 2.05) is 13.2 Å². The SMILES string of the molecule is CNCc1nccn1CC1CCCCC1. The maximum Gasteiger partial charge on any atom is 0.122 e. The Balaban J connectivity index is 1.93. The fourth-order valence-corrected chi connectivity index (χ4v) is 2.48. The maximum atomic E-state index is 4.37. The molecule has 0 atom stereocenters. The summed E-state index contributed by atoms with van der Waals surface area (Å²) in [5, 5.41) is 3.16. The van der Waals surface area contributed by atoms with E-state index in [4.69, 9.17) is 0 Å². The summed E-state index contributed by atoms with van der Waals surface area (Å²) >= 11 is 0. The first-order valence-electron chi connectivity index (χ1n) is 6.05. The fourth-order valence-electron chi connectivity index (χ4n) is 2.48. The normalized spacial score (nSPS) is 18.2. The first-order valence-corrected chi connectivity index (χ1v) is 6.05. The Labute approximate surface area is 91.9 Å². The van der Waals surface area contributed by atoms with Crippen LogP contribution in [0.2, 0.25) is 0 Å². The first-order chi connectivity index (χ1) is 7.40. The molecule has 1 aromatic rings. The van der Waals surface area contributed by atoms with Crippen LogP contribution in [0.5, 0.6) is 0 Å². The van der Waals surface area contributed by atoms with Gasteiger partial charge in [0, 0.05) is 18.9 Å². The molecular weight excluding hydrogens is 186 g/mol. The van der Waals surface area contributed by atoms with Gasteiger partial charge in [0.25, 0.3) is 0 Å². The molecule has 0 radical (unpaired) electrons.